The standard InChI is InChI=1S/C22H27BN4O4/c1-14-17(23-30-21(2,3)22(4,5)31-23)9-10-25-19(14)27-12-11-26(20(27)29)16-8-6-7-15(13-16)18(24)28/h6-10,13H,11-12H2,1-5H3,(H2,24,28). The van der Waals surface area contributed by atoms with Crippen LogP contribution in [0.5, 0.6) is 0 Å². The summed E-state index contributed by atoms with van der Waals surface area (Å²) >= 11 is 0. The molecular formula is C22H27BN4O4. The van der Waals surface area contributed by atoms with Gasteiger partial charge in [0, 0.05) is 30.5 Å². The molecule has 9 heteroatoms. The number of primary amides is 1. The average Bonchev–Trinajstić information content (AvgIpc) is 3.18. The van der Waals surface area contributed by atoms with Gasteiger partial charge in [0.05, 0.1) is 11.2 Å². The highest BCUT2D eigenvalue weighted by Gasteiger charge is 2.52. The summed E-state index contributed by atoms with van der Waals surface area (Å²) in [5.74, 6) is 0.0451. The Labute approximate surface area is 182 Å². The smallest absolute Gasteiger partial charge is 0.399 e. The molecule has 0 spiro atoms. The zero-order chi connectivity index (χ0) is 22.6. The van der Waals surface area contributed by atoms with Gasteiger partial charge >= 0.3 is 13.1 Å². The Morgan fingerprint density at radius 2 is 1.74 bits per heavy atom. The molecule has 4 rings (SSSR count). The van der Waals surface area contributed by atoms with E-state index in [1.807, 2.05) is 40.7 Å². The van der Waals surface area contributed by atoms with E-state index < -0.39 is 24.2 Å². The molecule has 2 fully saturated rings. The number of pyridine rings is 1. The Balaban J connectivity index is 1.62. The van der Waals surface area contributed by atoms with Crippen molar-refractivity contribution in [3.8, 4) is 0 Å². The van der Waals surface area contributed by atoms with Crippen molar-refractivity contribution in [3.05, 3.63) is 47.7 Å². The second-order valence-electron chi connectivity index (χ2n) is 8.94. The summed E-state index contributed by atoms with van der Waals surface area (Å²) in [5, 5.41) is 0. The highest BCUT2D eigenvalue weighted by molar-refractivity contribution is 6.62. The van der Waals surface area contributed by atoms with E-state index in [1.54, 1.807) is 40.3 Å². The van der Waals surface area contributed by atoms with Crippen molar-refractivity contribution in [2.75, 3.05) is 22.9 Å². The van der Waals surface area contributed by atoms with Crippen LogP contribution in [0, 0.1) is 6.92 Å². The molecule has 3 heterocycles. The lowest BCUT2D eigenvalue weighted by atomic mass is 9.76. The zero-order valence-electron chi connectivity index (χ0n) is 18.5. The fraction of sp³-hybridized carbons (Fsp3) is 0.409. The predicted molar refractivity (Wildman–Crippen MR) is 120 cm³/mol. The summed E-state index contributed by atoms with van der Waals surface area (Å²) < 4.78 is 12.4. The predicted octanol–water partition coefficient (Wildman–Crippen LogP) is 2.23. The third-order valence-electron chi connectivity index (χ3n) is 6.43. The molecule has 0 bridgehead atoms. The number of benzene rings is 1. The highest BCUT2D eigenvalue weighted by Crippen LogP contribution is 2.37. The third kappa shape index (κ3) is 3.57. The Hall–Kier alpha value is -2.91. The van der Waals surface area contributed by atoms with Gasteiger partial charge in [-0.05, 0) is 69.9 Å². The first-order valence-electron chi connectivity index (χ1n) is 10.3. The number of carbonyl (C=O) groups is 2. The van der Waals surface area contributed by atoms with Gasteiger partial charge in [-0.1, -0.05) is 6.07 Å². The summed E-state index contributed by atoms with van der Waals surface area (Å²) in [7, 11) is -0.534. The molecule has 2 aromatic rings. The highest BCUT2D eigenvalue weighted by atomic mass is 16.7. The van der Waals surface area contributed by atoms with Crippen molar-refractivity contribution in [3.63, 3.8) is 0 Å². The minimum absolute atomic E-state index is 0.205. The first kappa shape index (κ1) is 21.3. The second kappa shape index (κ2) is 7.35. The van der Waals surface area contributed by atoms with Crippen LogP contribution in [0.15, 0.2) is 36.5 Å². The Bertz CT molecular complexity index is 1040. The second-order valence-corrected chi connectivity index (χ2v) is 8.94. The Morgan fingerprint density at radius 1 is 1.10 bits per heavy atom. The van der Waals surface area contributed by atoms with Crippen molar-refractivity contribution in [1.82, 2.24) is 4.98 Å². The normalized spacial score (nSPS) is 19.9. The van der Waals surface area contributed by atoms with Gasteiger partial charge in [0.2, 0.25) is 5.91 Å². The van der Waals surface area contributed by atoms with Gasteiger partial charge in [-0.3, -0.25) is 14.6 Å². The average molecular weight is 422 g/mol. The van der Waals surface area contributed by atoms with Gasteiger partial charge in [-0.2, -0.15) is 0 Å². The summed E-state index contributed by atoms with van der Waals surface area (Å²) in [6.07, 6.45) is 1.67. The first-order valence-corrected chi connectivity index (χ1v) is 10.3. The van der Waals surface area contributed by atoms with E-state index in [9.17, 15) is 9.59 Å². The van der Waals surface area contributed by atoms with E-state index in [2.05, 4.69) is 4.98 Å². The van der Waals surface area contributed by atoms with Crippen molar-refractivity contribution in [2.45, 2.75) is 45.8 Å². The summed E-state index contributed by atoms with van der Waals surface area (Å²) in [6, 6.07) is 8.43. The topological polar surface area (TPSA) is 98.0 Å². The van der Waals surface area contributed by atoms with Gasteiger partial charge in [0.15, 0.2) is 0 Å². The molecule has 1 aromatic carbocycles. The Kier molecular flexibility index (Phi) is 5.06. The molecule has 1 aromatic heterocycles. The van der Waals surface area contributed by atoms with Crippen LogP contribution in [-0.4, -0.2) is 48.3 Å². The van der Waals surface area contributed by atoms with E-state index in [-0.39, 0.29) is 6.03 Å². The van der Waals surface area contributed by atoms with Crippen LogP contribution >= 0.6 is 0 Å². The minimum Gasteiger partial charge on any atom is -0.399 e. The first-order chi connectivity index (χ1) is 14.5. The number of rotatable bonds is 4. The lowest BCUT2D eigenvalue weighted by Crippen LogP contribution is -2.41. The molecule has 2 aliphatic rings. The van der Waals surface area contributed by atoms with Crippen LogP contribution in [-0.2, 0) is 9.31 Å². The van der Waals surface area contributed by atoms with E-state index in [0.29, 0.717) is 30.2 Å². The molecule has 0 atom stereocenters. The van der Waals surface area contributed by atoms with Crippen LogP contribution in [0.2, 0.25) is 0 Å². The van der Waals surface area contributed by atoms with Gasteiger partial charge in [0.1, 0.15) is 5.82 Å². The summed E-state index contributed by atoms with van der Waals surface area (Å²) in [6.45, 7) is 10.9. The van der Waals surface area contributed by atoms with E-state index in [1.165, 1.54) is 0 Å². The largest absolute Gasteiger partial charge is 0.495 e. The number of carbonyl (C=O) groups excluding carboxylic acids is 2. The number of amides is 3. The van der Waals surface area contributed by atoms with E-state index in [4.69, 9.17) is 15.0 Å². The number of hydrogen-bond acceptors (Lipinski definition) is 5. The quantitative estimate of drug-likeness (QED) is 0.763. The molecule has 0 aliphatic carbocycles. The number of urea groups is 1. The van der Waals surface area contributed by atoms with Crippen LogP contribution in [0.4, 0.5) is 16.3 Å². The maximum absolute atomic E-state index is 13.2. The Morgan fingerprint density at radius 3 is 2.39 bits per heavy atom. The molecule has 8 nitrogen and oxygen atoms in total. The zero-order valence-corrected chi connectivity index (χ0v) is 18.5. The SMILES string of the molecule is Cc1c(B2OC(C)(C)C(C)(C)O2)ccnc1N1CCN(c2cccc(C(N)=O)c2)C1=O. The summed E-state index contributed by atoms with van der Waals surface area (Å²) in [5.41, 5.74) is 7.14. The van der Waals surface area contributed by atoms with Gasteiger partial charge < -0.3 is 15.0 Å². The lowest BCUT2D eigenvalue weighted by Gasteiger charge is -2.32. The van der Waals surface area contributed by atoms with Crippen LogP contribution < -0.4 is 21.0 Å². The lowest BCUT2D eigenvalue weighted by molar-refractivity contribution is 0.00578. The molecule has 31 heavy (non-hydrogen) atoms. The fourth-order valence-electron chi connectivity index (χ4n) is 3.84. The van der Waals surface area contributed by atoms with E-state index >= 15 is 0 Å². The number of hydrogen-bond donors (Lipinski definition) is 1. The van der Waals surface area contributed by atoms with Crippen molar-refractivity contribution in [2.24, 2.45) is 5.73 Å². The molecule has 2 N–H and O–H groups in total. The van der Waals surface area contributed by atoms with Crippen LogP contribution in [0.3, 0.4) is 0 Å². The number of nitrogens with two attached hydrogens (primary N) is 1. The molecular weight excluding hydrogens is 395 g/mol. The number of anilines is 2. The number of nitrogens with zero attached hydrogens (tertiary/aromatic N) is 3. The monoisotopic (exact) mass is 422 g/mol. The van der Waals surface area contributed by atoms with Crippen molar-refractivity contribution in [1.29, 1.82) is 0 Å². The molecule has 0 unspecified atom stereocenters. The molecule has 0 saturated carbocycles. The maximum atomic E-state index is 13.2. The number of aromatic nitrogens is 1. The van der Waals surface area contributed by atoms with Crippen molar-refractivity contribution >= 4 is 36.0 Å². The maximum Gasteiger partial charge on any atom is 0.495 e. The fourth-order valence-corrected chi connectivity index (χ4v) is 3.84. The minimum atomic E-state index is -0.534. The molecule has 2 saturated heterocycles. The molecule has 3 amide bonds. The van der Waals surface area contributed by atoms with Crippen LogP contribution in [0.25, 0.3) is 0 Å². The van der Waals surface area contributed by atoms with Gasteiger partial charge in [-0.25, -0.2) is 9.78 Å². The van der Waals surface area contributed by atoms with E-state index in [0.717, 1.165) is 11.0 Å². The molecule has 2 aliphatic heterocycles. The van der Waals surface area contributed by atoms with Crippen LogP contribution in [0.1, 0.15) is 43.6 Å². The molecule has 0 radical (unpaired) electrons. The van der Waals surface area contributed by atoms with Crippen molar-refractivity contribution < 1.29 is 18.9 Å². The summed E-state index contributed by atoms with van der Waals surface area (Å²) in [4.78, 5) is 32.5. The third-order valence-corrected chi connectivity index (χ3v) is 6.43. The molecule has 162 valence electrons. The van der Waals surface area contributed by atoms with Gasteiger partial charge in [-0.15, -0.1) is 0 Å². The van der Waals surface area contributed by atoms with Gasteiger partial charge in [0.25, 0.3) is 0 Å².